The lowest BCUT2D eigenvalue weighted by Gasteiger charge is -2.31. The number of amides is 1. The number of hydrogen-bond donors (Lipinski definition) is 1. The third kappa shape index (κ3) is 4.54. The van der Waals surface area contributed by atoms with E-state index in [1.807, 2.05) is 6.07 Å². The number of carbonyl (C=O) groups excluding carboxylic acids is 1. The summed E-state index contributed by atoms with van der Waals surface area (Å²) in [5.74, 6) is -1.04. The molecule has 0 atom stereocenters. The maximum Gasteiger partial charge on any atom is 0.264 e. The fourth-order valence-electron chi connectivity index (χ4n) is 3.49. The molecule has 0 saturated heterocycles. The van der Waals surface area contributed by atoms with Crippen LogP contribution in [0.25, 0.3) is 0 Å². The number of rotatable bonds is 6. The fourth-order valence-corrected chi connectivity index (χ4v) is 5.04. The Morgan fingerprint density at radius 3 is 2.55 bits per heavy atom. The highest BCUT2D eigenvalue weighted by Gasteiger charge is 2.29. The van der Waals surface area contributed by atoms with Crippen LogP contribution in [0.1, 0.15) is 12.0 Å². The van der Waals surface area contributed by atoms with E-state index in [9.17, 15) is 17.6 Å². The lowest BCUT2D eigenvalue weighted by atomic mass is 10.0. The molecule has 0 fully saturated rings. The molecule has 1 N–H and O–H groups in total. The van der Waals surface area contributed by atoms with Crippen LogP contribution in [0.5, 0.6) is 5.75 Å². The molecule has 0 spiro atoms. The number of halogens is 1. The molecule has 160 valence electrons. The van der Waals surface area contributed by atoms with Crippen molar-refractivity contribution in [2.75, 3.05) is 22.8 Å². The summed E-state index contributed by atoms with van der Waals surface area (Å²) in [6.45, 7) is -0.0118. The van der Waals surface area contributed by atoms with E-state index in [1.54, 1.807) is 48.5 Å². The minimum atomic E-state index is -3.72. The summed E-state index contributed by atoms with van der Waals surface area (Å²) >= 11 is 0. The molecule has 1 heterocycles. The Hall–Kier alpha value is -3.39. The highest BCUT2D eigenvalue weighted by molar-refractivity contribution is 7.92. The first-order chi connectivity index (χ1) is 14.9. The van der Waals surface area contributed by atoms with Crippen molar-refractivity contribution < 1.29 is 22.3 Å². The largest absolute Gasteiger partial charge is 0.481 e. The Morgan fingerprint density at radius 2 is 1.77 bits per heavy atom. The predicted octanol–water partition coefficient (Wildman–Crippen LogP) is 3.98. The minimum absolute atomic E-state index is 0.0109. The number of aryl methyl sites for hydroxylation is 1. The zero-order chi connectivity index (χ0) is 21.8. The van der Waals surface area contributed by atoms with Crippen molar-refractivity contribution in [3.05, 3.63) is 84.2 Å². The number of sulfonamides is 1. The topological polar surface area (TPSA) is 75.7 Å². The Bertz CT molecular complexity index is 1200. The lowest BCUT2D eigenvalue weighted by molar-refractivity contribution is -0.118. The number of anilines is 2. The van der Waals surface area contributed by atoms with Crippen molar-refractivity contribution >= 4 is 27.3 Å². The molecule has 3 aromatic carbocycles. The molecule has 31 heavy (non-hydrogen) atoms. The van der Waals surface area contributed by atoms with E-state index in [1.165, 1.54) is 22.5 Å². The zero-order valence-corrected chi connectivity index (χ0v) is 17.4. The van der Waals surface area contributed by atoms with Gasteiger partial charge in [0.1, 0.15) is 0 Å². The van der Waals surface area contributed by atoms with E-state index in [4.69, 9.17) is 4.74 Å². The Labute approximate surface area is 180 Å². The van der Waals surface area contributed by atoms with Gasteiger partial charge in [-0.05, 0) is 54.8 Å². The third-order valence-electron chi connectivity index (χ3n) is 4.97. The van der Waals surface area contributed by atoms with E-state index in [0.29, 0.717) is 24.3 Å². The molecule has 8 heteroatoms. The number of fused-ring (bicyclic) bond motifs is 1. The summed E-state index contributed by atoms with van der Waals surface area (Å²) in [5.41, 5.74) is 1.88. The summed E-state index contributed by atoms with van der Waals surface area (Å²) < 4.78 is 46.6. The van der Waals surface area contributed by atoms with Crippen LogP contribution < -0.4 is 14.4 Å². The van der Waals surface area contributed by atoms with Crippen LogP contribution in [0.3, 0.4) is 0 Å². The minimum Gasteiger partial charge on any atom is -0.481 e. The molecule has 0 saturated carbocycles. The Morgan fingerprint density at radius 1 is 1.03 bits per heavy atom. The van der Waals surface area contributed by atoms with Gasteiger partial charge in [-0.3, -0.25) is 9.10 Å². The van der Waals surface area contributed by atoms with Crippen LogP contribution in [0, 0.1) is 5.82 Å². The van der Waals surface area contributed by atoms with E-state index in [0.717, 1.165) is 12.0 Å². The molecule has 0 radical (unpaired) electrons. The maximum atomic E-state index is 13.6. The van der Waals surface area contributed by atoms with Crippen LogP contribution in [0.2, 0.25) is 0 Å². The number of nitrogens with zero attached hydrogens (tertiary/aromatic N) is 1. The van der Waals surface area contributed by atoms with Crippen molar-refractivity contribution in [2.45, 2.75) is 17.7 Å². The number of nitrogens with one attached hydrogen (secondary N) is 1. The number of benzene rings is 3. The molecule has 0 bridgehead atoms. The second kappa shape index (κ2) is 8.77. The first-order valence-corrected chi connectivity index (χ1v) is 11.3. The van der Waals surface area contributed by atoms with Crippen molar-refractivity contribution in [3.8, 4) is 5.75 Å². The molecule has 1 aliphatic rings. The van der Waals surface area contributed by atoms with Crippen molar-refractivity contribution in [1.29, 1.82) is 0 Å². The molecule has 0 aromatic heterocycles. The van der Waals surface area contributed by atoms with Gasteiger partial charge in [0.15, 0.2) is 18.2 Å². The second-order valence-corrected chi connectivity index (χ2v) is 8.97. The first-order valence-electron chi connectivity index (χ1n) is 9.83. The van der Waals surface area contributed by atoms with Crippen LogP contribution >= 0.6 is 0 Å². The van der Waals surface area contributed by atoms with Crippen molar-refractivity contribution in [2.24, 2.45) is 0 Å². The standard InChI is InChI=1S/C23H21FN2O4S/c24-20-10-4-5-11-22(20)30-16-23(27)25-18-13-12-17-7-6-14-26(21(17)15-18)31(28,29)19-8-2-1-3-9-19/h1-5,8-13,15H,6-7,14,16H2,(H,25,27). The van der Waals surface area contributed by atoms with E-state index in [2.05, 4.69) is 5.32 Å². The Balaban J connectivity index is 1.52. The summed E-state index contributed by atoms with van der Waals surface area (Å²) in [5, 5.41) is 2.69. The summed E-state index contributed by atoms with van der Waals surface area (Å²) in [6.07, 6.45) is 1.46. The SMILES string of the molecule is O=C(COc1ccccc1F)Nc1ccc2c(c1)N(S(=O)(=O)c1ccccc1)CCC2. The predicted molar refractivity (Wildman–Crippen MR) is 116 cm³/mol. The van der Waals surface area contributed by atoms with Gasteiger partial charge in [0, 0.05) is 12.2 Å². The van der Waals surface area contributed by atoms with Crippen LogP contribution in [0.4, 0.5) is 15.8 Å². The highest BCUT2D eigenvalue weighted by atomic mass is 32.2. The second-order valence-electron chi connectivity index (χ2n) is 7.10. The van der Waals surface area contributed by atoms with Gasteiger partial charge in [0.05, 0.1) is 10.6 Å². The molecule has 0 aliphatic carbocycles. The van der Waals surface area contributed by atoms with E-state index < -0.39 is 21.7 Å². The molecule has 0 unspecified atom stereocenters. The normalized spacial score (nSPS) is 13.4. The molecule has 4 rings (SSSR count). The van der Waals surface area contributed by atoms with Gasteiger partial charge in [-0.2, -0.15) is 0 Å². The third-order valence-corrected chi connectivity index (χ3v) is 6.80. The van der Waals surface area contributed by atoms with E-state index in [-0.39, 0.29) is 17.3 Å². The molecule has 1 aliphatic heterocycles. The number of ether oxygens (including phenoxy) is 1. The van der Waals surface area contributed by atoms with E-state index >= 15 is 0 Å². The maximum absolute atomic E-state index is 13.6. The number of carbonyl (C=O) groups is 1. The van der Waals surface area contributed by atoms with Gasteiger partial charge in [0.2, 0.25) is 0 Å². The summed E-state index contributed by atoms with van der Waals surface area (Å²) in [4.78, 5) is 12.5. The number of para-hydroxylation sites is 1. The van der Waals surface area contributed by atoms with Crippen molar-refractivity contribution in [1.82, 2.24) is 0 Å². The molecule has 1 amide bonds. The van der Waals surface area contributed by atoms with Gasteiger partial charge in [-0.15, -0.1) is 0 Å². The van der Waals surface area contributed by atoms with Gasteiger partial charge in [-0.1, -0.05) is 36.4 Å². The van der Waals surface area contributed by atoms with Gasteiger partial charge in [0.25, 0.3) is 15.9 Å². The van der Waals surface area contributed by atoms with Gasteiger partial charge in [-0.25, -0.2) is 12.8 Å². The zero-order valence-electron chi connectivity index (χ0n) is 16.6. The van der Waals surface area contributed by atoms with Crippen molar-refractivity contribution in [3.63, 3.8) is 0 Å². The first kappa shape index (κ1) is 20.9. The highest BCUT2D eigenvalue weighted by Crippen LogP contribution is 2.34. The summed E-state index contributed by atoms with van der Waals surface area (Å²) in [7, 11) is -3.72. The average molecular weight is 440 g/mol. The fraction of sp³-hybridized carbons (Fsp3) is 0.174. The Kier molecular flexibility index (Phi) is 5.90. The average Bonchev–Trinajstić information content (AvgIpc) is 2.78. The van der Waals surface area contributed by atoms with Crippen LogP contribution in [-0.2, 0) is 21.2 Å². The number of hydrogen-bond acceptors (Lipinski definition) is 4. The molecule has 6 nitrogen and oxygen atoms in total. The van der Waals surface area contributed by atoms with Crippen LogP contribution in [0.15, 0.2) is 77.7 Å². The summed E-state index contributed by atoms with van der Waals surface area (Å²) in [6, 6.07) is 19.3. The molecular weight excluding hydrogens is 419 g/mol. The lowest BCUT2D eigenvalue weighted by Crippen LogP contribution is -2.35. The van der Waals surface area contributed by atoms with Crippen LogP contribution in [-0.4, -0.2) is 27.5 Å². The van der Waals surface area contributed by atoms with Gasteiger partial charge >= 0.3 is 0 Å². The smallest absolute Gasteiger partial charge is 0.264 e. The quantitative estimate of drug-likeness (QED) is 0.629. The molecule has 3 aromatic rings. The van der Waals surface area contributed by atoms with Gasteiger partial charge < -0.3 is 10.1 Å². The monoisotopic (exact) mass is 440 g/mol. The molecular formula is C23H21FN2O4S.